The van der Waals surface area contributed by atoms with Gasteiger partial charge in [0.2, 0.25) is 5.91 Å². The third kappa shape index (κ3) is 3.68. The van der Waals surface area contributed by atoms with Gasteiger partial charge in [-0.1, -0.05) is 23.2 Å². The predicted molar refractivity (Wildman–Crippen MR) is 106 cm³/mol. The number of hydrogen-bond donors (Lipinski definition) is 0. The molecule has 1 fully saturated rings. The standard InChI is InChI=1S/C19H17Cl2N3O3/c20-13-1-4-15(5-2-13)22-7-9-23(10-8-22)18(25)12-24-16-6-3-14(21)11-17(16)27-19(24)26/h1-6,11H,7-10,12H2. The van der Waals surface area contributed by atoms with Crippen molar-refractivity contribution in [3.63, 3.8) is 0 Å². The molecule has 0 N–H and O–H groups in total. The van der Waals surface area contributed by atoms with Gasteiger partial charge in [-0.2, -0.15) is 0 Å². The molecule has 2 heterocycles. The molecule has 1 aromatic heterocycles. The normalized spacial score (nSPS) is 14.7. The summed E-state index contributed by atoms with van der Waals surface area (Å²) in [6.45, 7) is 2.60. The summed E-state index contributed by atoms with van der Waals surface area (Å²) in [6.07, 6.45) is 0. The number of piperazine rings is 1. The van der Waals surface area contributed by atoms with E-state index in [1.54, 1.807) is 23.1 Å². The molecule has 0 radical (unpaired) electrons. The van der Waals surface area contributed by atoms with Crippen molar-refractivity contribution in [2.24, 2.45) is 0 Å². The first kappa shape index (κ1) is 17.9. The molecule has 140 valence electrons. The molecular weight excluding hydrogens is 389 g/mol. The Morgan fingerprint density at radius 1 is 0.963 bits per heavy atom. The van der Waals surface area contributed by atoms with Crippen molar-refractivity contribution < 1.29 is 9.21 Å². The largest absolute Gasteiger partial charge is 0.420 e. The van der Waals surface area contributed by atoms with Gasteiger partial charge in [0.05, 0.1) is 5.52 Å². The van der Waals surface area contributed by atoms with Crippen molar-refractivity contribution in [2.45, 2.75) is 6.54 Å². The summed E-state index contributed by atoms with van der Waals surface area (Å²) < 4.78 is 6.53. The van der Waals surface area contributed by atoms with Crippen molar-refractivity contribution in [3.8, 4) is 0 Å². The Morgan fingerprint density at radius 3 is 2.33 bits per heavy atom. The van der Waals surface area contributed by atoms with Crippen LogP contribution in [0, 0.1) is 0 Å². The molecule has 0 bridgehead atoms. The summed E-state index contributed by atoms with van der Waals surface area (Å²) in [4.78, 5) is 28.8. The van der Waals surface area contributed by atoms with E-state index in [-0.39, 0.29) is 12.5 Å². The number of carbonyl (C=O) groups excluding carboxylic acids is 1. The van der Waals surface area contributed by atoms with Gasteiger partial charge in [0.1, 0.15) is 6.54 Å². The number of carbonyl (C=O) groups is 1. The Balaban J connectivity index is 1.44. The summed E-state index contributed by atoms with van der Waals surface area (Å²) >= 11 is 11.9. The Morgan fingerprint density at radius 2 is 1.63 bits per heavy atom. The molecule has 1 aliphatic rings. The molecule has 0 saturated carbocycles. The summed E-state index contributed by atoms with van der Waals surface area (Å²) in [5.41, 5.74) is 2.03. The molecule has 8 heteroatoms. The number of hydrogen-bond acceptors (Lipinski definition) is 4. The van der Waals surface area contributed by atoms with Gasteiger partial charge in [-0.05, 0) is 36.4 Å². The number of halogens is 2. The van der Waals surface area contributed by atoms with E-state index in [0.717, 1.165) is 18.8 Å². The van der Waals surface area contributed by atoms with Gasteiger partial charge in [0.15, 0.2) is 5.58 Å². The van der Waals surface area contributed by atoms with Crippen LogP contribution in [0.2, 0.25) is 10.0 Å². The van der Waals surface area contributed by atoms with Crippen LogP contribution >= 0.6 is 23.2 Å². The molecule has 27 heavy (non-hydrogen) atoms. The summed E-state index contributed by atoms with van der Waals surface area (Å²) in [5, 5.41) is 1.18. The molecule has 1 amide bonds. The predicted octanol–water partition coefficient (Wildman–Crippen LogP) is 3.25. The molecule has 4 rings (SSSR count). The monoisotopic (exact) mass is 405 g/mol. The lowest BCUT2D eigenvalue weighted by Crippen LogP contribution is -2.50. The molecule has 2 aromatic carbocycles. The van der Waals surface area contributed by atoms with Gasteiger partial charge in [0.25, 0.3) is 0 Å². The highest BCUT2D eigenvalue weighted by atomic mass is 35.5. The molecule has 1 aliphatic heterocycles. The van der Waals surface area contributed by atoms with Crippen LogP contribution in [0.4, 0.5) is 5.69 Å². The van der Waals surface area contributed by atoms with Crippen LogP contribution in [0.15, 0.2) is 51.7 Å². The maximum atomic E-state index is 12.7. The van der Waals surface area contributed by atoms with Crippen molar-refractivity contribution in [3.05, 3.63) is 63.1 Å². The van der Waals surface area contributed by atoms with Crippen LogP contribution in [-0.2, 0) is 11.3 Å². The lowest BCUT2D eigenvalue weighted by atomic mass is 10.2. The molecule has 0 atom stereocenters. The third-order valence-corrected chi connectivity index (χ3v) is 5.23. The summed E-state index contributed by atoms with van der Waals surface area (Å²) in [7, 11) is 0. The van der Waals surface area contributed by atoms with Crippen molar-refractivity contribution in [1.29, 1.82) is 0 Å². The van der Waals surface area contributed by atoms with Crippen LogP contribution in [0.1, 0.15) is 0 Å². The Kier molecular flexibility index (Phi) is 4.85. The zero-order valence-electron chi connectivity index (χ0n) is 14.4. The second kappa shape index (κ2) is 7.29. The Bertz CT molecular complexity index is 1030. The van der Waals surface area contributed by atoms with E-state index in [4.69, 9.17) is 27.6 Å². The second-order valence-electron chi connectivity index (χ2n) is 6.41. The SMILES string of the molecule is O=C(Cn1c(=O)oc2cc(Cl)ccc21)N1CCN(c2ccc(Cl)cc2)CC1. The highest BCUT2D eigenvalue weighted by Crippen LogP contribution is 2.21. The maximum absolute atomic E-state index is 12.7. The number of anilines is 1. The number of rotatable bonds is 3. The second-order valence-corrected chi connectivity index (χ2v) is 7.28. The first-order valence-electron chi connectivity index (χ1n) is 8.58. The lowest BCUT2D eigenvalue weighted by molar-refractivity contribution is -0.132. The first-order chi connectivity index (χ1) is 13.0. The van der Waals surface area contributed by atoms with Crippen LogP contribution in [-0.4, -0.2) is 41.6 Å². The fourth-order valence-electron chi connectivity index (χ4n) is 3.29. The van der Waals surface area contributed by atoms with E-state index in [1.807, 2.05) is 24.3 Å². The topological polar surface area (TPSA) is 58.7 Å². The van der Waals surface area contributed by atoms with E-state index in [0.29, 0.717) is 34.2 Å². The molecule has 0 unspecified atom stereocenters. The van der Waals surface area contributed by atoms with E-state index in [9.17, 15) is 9.59 Å². The van der Waals surface area contributed by atoms with E-state index in [2.05, 4.69) is 4.90 Å². The van der Waals surface area contributed by atoms with Gasteiger partial charge in [-0.3, -0.25) is 9.36 Å². The Hall–Kier alpha value is -2.44. The van der Waals surface area contributed by atoms with Crippen molar-refractivity contribution in [2.75, 3.05) is 31.1 Å². The summed E-state index contributed by atoms with van der Waals surface area (Å²) in [6, 6.07) is 12.6. The van der Waals surface area contributed by atoms with Gasteiger partial charge in [-0.15, -0.1) is 0 Å². The fraction of sp³-hybridized carbons (Fsp3) is 0.263. The van der Waals surface area contributed by atoms with Crippen LogP contribution in [0.25, 0.3) is 11.1 Å². The Labute approximate surface area is 165 Å². The number of amides is 1. The zero-order chi connectivity index (χ0) is 19.0. The maximum Gasteiger partial charge on any atom is 0.420 e. The van der Waals surface area contributed by atoms with Crippen molar-refractivity contribution in [1.82, 2.24) is 9.47 Å². The van der Waals surface area contributed by atoms with Crippen LogP contribution in [0.3, 0.4) is 0 Å². The van der Waals surface area contributed by atoms with Crippen LogP contribution in [0.5, 0.6) is 0 Å². The van der Waals surface area contributed by atoms with E-state index in [1.165, 1.54) is 4.57 Å². The highest BCUT2D eigenvalue weighted by molar-refractivity contribution is 6.31. The minimum absolute atomic E-state index is 0.0472. The van der Waals surface area contributed by atoms with Gasteiger partial charge < -0.3 is 14.2 Å². The smallest absolute Gasteiger partial charge is 0.408 e. The number of aromatic nitrogens is 1. The fourth-order valence-corrected chi connectivity index (χ4v) is 3.58. The number of benzene rings is 2. The first-order valence-corrected chi connectivity index (χ1v) is 9.34. The lowest BCUT2D eigenvalue weighted by Gasteiger charge is -2.36. The van der Waals surface area contributed by atoms with Gasteiger partial charge >= 0.3 is 5.76 Å². The zero-order valence-corrected chi connectivity index (χ0v) is 15.9. The van der Waals surface area contributed by atoms with Crippen molar-refractivity contribution >= 4 is 45.9 Å². The number of fused-ring (bicyclic) bond motifs is 1. The van der Waals surface area contributed by atoms with E-state index >= 15 is 0 Å². The number of oxazole rings is 1. The van der Waals surface area contributed by atoms with Gasteiger partial charge in [0, 0.05) is 48.0 Å². The molecule has 1 saturated heterocycles. The average molecular weight is 406 g/mol. The molecular formula is C19H17Cl2N3O3. The minimum Gasteiger partial charge on any atom is -0.408 e. The number of nitrogens with zero attached hydrogens (tertiary/aromatic N) is 3. The molecule has 6 nitrogen and oxygen atoms in total. The molecule has 3 aromatic rings. The summed E-state index contributed by atoms with van der Waals surface area (Å²) in [5.74, 6) is -0.661. The third-order valence-electron chi connectivity index (χ3n) is 4.75. The average Bonchev–Trinajstić information content (AvgIpc) is 2.97. The van der Waals surface area contributed by atoms with E-state index < -0.39 is 5.76 Å². The molecule has 0 spiro atoms. The van der Waals surface area contributed by atoms with Gasteiger partial charge in [-0.25, -0.2) is 4.79 Å². The quantitative estimate of drug-likeness (QED) is 0.670. The highest BCUT2D eigenvalue weighted by Gasteiger charge is 2.23. The minimum atomic E-state index is -0.555. The molecule has 0 aliphatic carbocycles. The van der Waals surface area contributed by atoms with Crippen LogP contribution < -0.4 is 10.7 Å².